The Morgan fingerprint density at radius 1 is 1.20 bits per heavy atom. The summed E-state index contributed by atoms with van der Waals surface area (Å²) in [6.07, 6.45) is -4.53. The third kappa shape index (κ3) is 1.79. The number of benzene rings is 1. The molecule has 8 heteroatoms. The highest BCUT2D eigenvalue weighted by Crippen LogP contribution is 2.35. The molecule has 2 aliphatic rings. The molecular weight excluding hydrogens is 275 g/mol. The molecule has 0 aliphatic carbocycles. The van der Waals surface area contributed by atoms with Crippen molar-refractivity contribution in [2.24, 2.45) is 16.1 Å². The molecule has 0 aromatic heterocycles. The van der Waals surface area contributed by atoms with Crippen LogP contribution in [0.5, 0.6) is 0 Å². The molecule has 1 fully saturated rings. The first-order valence-electron chi connectivity index (χ1n) is 5.81. The lowest BCUT2D eigenvalue weighted by molar-refractivity contribution is -0.137. The Bertz CT molecular complexity index is 627. The van der Waals surface area contributed by atoms with Gasteiger partial charge in [0.1, 0.15) is 0 Å². The number of hydrogen-bond donors (Lipinski definition) is 0. The van der Waals surface area contributed by atoms with E-state index in [1.165, 1.54) is 6.07 Å². The average molecular weight is 283 g/mol. The zero-order valence-electron chi connectivity index (χ0n) is 9.96. The van der Waals surface area contributed by atoms with Crippen molar-refractivity contribution in [3.05, 3.63) is 29.8 Å². The second kappa shape index (κ2) is 4.12. The lowest BCUT2D eigenvalue weighted by Crippen LogP contribution is -2.32. The van der Waals surface area contributed by atoms with Gasteiger partial charge in [0.15, 0.2) is 6.04 Å². The molecule has 0 bridgehead atoms. The van der Waals surface area contributed by atoms with Crippen LogP contribution in [0.1, 0.15) is 5.56 Å². The first-order valence-corrected chi connectivity index (χ1v) is 5.81. The molecule has 1 saturated heterocycles. The van der Waals surface area contributed by atoms with Gasteiger partial charge in [-0.1, -0.05) is 6.07 Å². The van der Waals surface area contributed by atoms with Gasteiger partial charge in [-0.15, -0.1) is 0 Å². The quantitative estimate of drug-likeness (QED) is 0.740. The topological polar surface area (TPSA) is 62.1 Å². The first kappa shape index (κ1) is 12.8. The number of hydrogen-bond acceptors (Lipinski definition) is 4. The van der Waals surface area contributed by atoms with Gasteiger partial charge in [0.05, 0.1) is 23.7 Å². The largest absolute Gasteiger partial charge is 0.416 e. The lowest BCUT2D eigenvalue weighted by atomic mass is 10.1. The fourth-order valence-corrected chi connectivity index (χ4v) is 2.32. The second-order valence-corrected chi connectivity index (χ2v) is 4.55. The molecule has 1 aromatic carbocycles. The normalized spacial score (nSPS) is 25.4. The number of nitrogens with zero attached hydrogens (tertiary/aromatic N) is 3. The maximum atomic E-state index is 12.7. The Balaban J connectivity index is 2.00. The zero-order chi connectivity index (χ0) is 14.5. The predicted molar refractivity (Wildman–Crippen MR) is 60.9 cm³/mol. The van der Waals surface area contributed by atoms with E-state index in [1.54, 1.807) is 0 Å². The fraction of sp³-hybridized carbons (Fsp3) is 0.333. The number of imide groups is 1. The van der Waals surface area contributed by atoms with Crippen LogP contribution in [-0.2, 0) is 15.8 Å². The van der Waals surface area contributed by atoms with Crippen LogP contribution < -0.4 is 4.90 Å². The Morgan fingerprint density at radius 3 is 2.60 bits per heavy atom. The Labute approximate surface area is 111 Å². The smallest absolute Gasteiger partial charge is 0.274 e. The number of rotatable bonds is 1. The van der Waals surface area contributed by atoms with E-state index < -0.39 is 35.5 Å². The zero-order valence-corrected chi connectivity index (χ0v) is 9.96. The lowest BCUT2D eigenvalue weighted by Gasteiger charge is -2.16. The number of halogens is 3. The summed E-state index contributed by atoms with van der Waals surface area (Å²) < 4.78 is 38.0. The van der Waals surface area contributed by atoms with E-state index in [-0.39, 0.29) is 12.2 Å². The standard InChI is InChI=1S/C12H8F3N3O2/c13-12(14,15)6-2-1-3-7(4-6)18-10(19)8-5-16-17-9(8)11(18)20/h1-4,8-9H,5H2/t8-,9-/m0/s1. The number of fused-ring (bicyclic) bond motifs is 1. The van der Waals surface area contributed by atoms with Crippen LogP contribution in [0.2, 0.25) is 0 Å². The van der Waals surface area contributed by atoms with Crippen LogP contribution in [0.3, 0.4) is 0 Å². The first-order chi connectivity index (χ1) is 9.39. The Kier molecular flexibility index (Phi) is 2.63. The van der Waals surface area contributed by atoms with E-state index in [9.17, 15) is 22.8 Å². The van der Waals surface area contributed by atoms with Crippen molar-refractivity contribution < 1.29 is 22.8 Å². The second-order valence-electron chi connectivity index (χ2n) is 4.55. The maximum absolute atomic E-state index is 12.7. The monoisotopic (exact) mass is 283 g/mol. The minimum Gasteiger partial charge on any atom is -0.274 e. The van der Waals surface area contributed by atoms with Gasteiger partial charge < -0.3 is 0 Å². The summed E-state index contributed by atoms with van der Waals surface area (Å²) in [6, 6.07) is 3.23. The van der Waals surface area contributed by atoms with Gasteiger partial charge in [0.2, 0.25) is 5.91 Å². The van der Waals surface area contributed by atoms with Crippen molar-refractivity contribution in [1.82, 2.24) is 0 Å². The van der Waals surface area contributed by atoms with Gasteiger partial charge >= 0.3 is 6.18 Å². The van der Waals surface area contributed by atoms with Crippen molar-refractivity contribution in [3.63, 3.8) is 0 Å². The molecule has 2 heterocycles. The van der Waals surface area contributed by atoms with Gasteiger partial charge in [-0.25, -0.2) is 4.90 Å². The van der Waals surface area contributed by atoms with Gasteiger partial charge in [-0.2, -0.15) is 23.4 Å². The fourth-order valence-electron chi connectivity index (χ4n) is 2.32. The molecule has 0 unspecified atom stereocenters. The highest BCUT2D eigenvalue weighted by molar-refractivity contribution is 6.23. The molecule has 0 N–H and O–H groups in total. The minimum absolute atomic E-state index is 0.0839. The molecule has 0 saturated carbocycles. The highest BCUT2D eigenvalue weighted by Gasteiger charge is 2.51. The summed E-state index contributed by atoms with van der Waals surface area (Å²) in [5, 5.41) is 7.30. The Hall–Kier alpha value is -2.25. The van der Waals surface area contributed by atoms with Crippen molar-refractivity contribution >= 4 is 17.5 Å². The Morgan fingerprint density at radius 2 is 1.95 bits per heavy atom. The van der Waals surface area contributed by atoms with Crippen LogP contribution in [0.25, 0.3) is 0 Å². The molecule has 2 amide bonds. The van der Waals surface area contributed by atoms with Crippen molar-refractivity contribution in [3.8, 4) is 0 Å². The number of amides is 2. The summed E-state index contributed by atoms with van der Waals surface area (Å²) in [7, 11) is 0. The van der Waals surface area contributed by atoms with Gasteiger partial charge in [-0.05, 0) is 18.2 Å². The van der Waals surface area contributed by atoms with Crippen LogP contribution in [0.4, 0.5) is 18.9 Å². The van der Waals surface area contributed by atoms with E-state index >= 15 is 0 Å². The molecule has 0 spiro atoms. The number of alkyl halides is 3. The SMILES string of the molecule is O=C1[C@H]2CN=N[C@@H]2C(=O)N1c1cccc(C(F)(F)F)c1. The average Bonchev–Trinajstić information content (AvgIpc) is 2.94. The van der Waals surface area contributed by atoms with Crippen LogP contribution in [-0.4, -0.2) is 24.4 Å². The molecule has 104 valence electrons. The number of anilines is 1. The number of azo groups is 1. The van der Waals surface area contributed by atoms with Gasteiger partial charge in [0, 0.05) is 0 Å². The molecule has 2 atom stereocenters. The van der Waals surface area contributed by atoms with Crippen molar-refractivity contribution in [2.75, 3.05) is 11.4 Å². The highest BCUT2D eigenvalue weighted by atomic mass is 19.4. The molecule has 5 nitrogen and oxygen atoms in total. The maximum Gasteiger partial charge on any atom is 0.416 e. The number of carbonyl (C=O) groups excluding carboxylic acids is 2. The summed E-state index contributed by atoms with van der Waals surface area (Å²) in [5.41, 5.74) is -0.992. The van der Waals surface area contributed by atoms with Crippen LogP contribution in [0.15, 0.2) is 34.5 Å². The van der Waals surface area contributed by atoms with E-state index in [4.69, 9.17) is 0 Å². The third-order valence-corrected chi connectivity index (χ3v) is 3.31. The van der Waals surface area contributed by atoms with E-state index in [1.807, 2.05) is 0 Å². The van der Waals surface area contributed by atoms with Crippen LogP contribution >= 0.6 is 0 Å². The molecule has 2 aliphatic heterocycles. The van der Waals surface area contributed by atoms with Gasteiger partial charge in [-0.3, -0.25) is 9.59 Å². The summed E-state index contributed by atoms with van der Waals surface area (Å²) >= 11 is 0. The predicted octanol–water partition coefficient (Wildman–Crippen LogP) is 2.03. The molecule has 20 heavy (non-hydrogen) atoms. The summed E-state index contributed by atoms with van der Waals surface area (Å²) in [5.74, 6) is -1.86. The number of carbonyl (C=O) groups is 2. The third-order valence-electron chi connectivity index (χ3n) is 3.31. The van der Waals surface area contributed by atoms with Crippen molar-refractivity contribution in [1.29, 1.82) is 0 Å². The van der Waals surface area contributed by atoms with E-state index in [0.29, 0.717) is 0 Å². The molecule has 3 rings (SSSR count). The molecule has 0 radical (unpaired) electrons. The van der Waals surface area contributed by atoms with E-state index in [2.05, 4.69) is 10.2 Å². The van der Waals surface area contributed by atoms with Gasteiger partial charge in [0.25, 0.3) is 5.91 Å². The summed E-state index contributed by atoms with van der Waals surface area (Å²) in [4.78, 5) is 24.9. The van der Waals surface area contributed by atoms with E-state index in [0.717, 1.165) is 23.1 Å². The molecular formula is C12H8F3N3O2. The minimum atomic E-state index is -4.53. The van der Waals surface area contributed by atoms with Crippen LogP contribution in [0, 0.1) is 5.92 Å². The summed E-state index contributed by atoms with van der Waals surface area (Å²) in [6.45, 7) is 0.102. The van der Waals surface area contributed by atoms with Crippen molar-refractivity contribution in [2.45, 2.75) is 12.2 Å². The molecule has 1 aromatic rings.